The summed E-state index contributed by atoms with van der Waals surface area (Å²) in [5.41, 5.74) is 1.15. The third kappa shape index (κ3) is 5.01. The van der Waals surface area contributed by atoms with Gasteiger partial charge in [-0.3, -0.25) is 14.5 Å². The second kappa shape index (κ2) is 9.63. The van der Waals surface area contributed by atoms with Crippen LogP contribution in [-0.2, 0) is 16.1 Å². The molecule has 0 radical (unpaired) electrons. The van der Waals surface area contributed by atoms with Crippen molar-refractivity contribution in [2.75, 3.05) is 20.0 Å². The van der Waals surface area contributed by atoms with Crippen LogP contribution in [0, 0.1) is 0 Å². The summed E-state index contributed by atoms with van der Waals surface area (Å²) in [5.74, 6) is 0.0470. The lowest BCUT2D eigenvalue weighted by Crippen LogP contribution is -2.27. The lowest BCUT2D eigenvalue weighted by Gasteiger charge is -2.14. The standard InChI is InChI=1S/C22H18ClNO8S/c1-2-29-16-5-12(3-4-15(16)30-10-20(25)26)6-19-21(27)24(22(28)33-19)9-13-7-17-18(8-14(13)23)32-11-31-17/h3-8H,2,9-11H2,1H3,(H,25,26)/b19-6+. The average molecular weight is 492 g/mol. The molecular formula is C22H18ClNO8S. The molecule has 0 saturated carbocycles. The Bertz CT molecular complexity index is 1170. The van der Waals surface area contributed by atoms with Gasteiger partial charge < -0.3 is 24.1 Å². The number of carbonyl (C=O) groups is 3. The number of benzene rings is 2. The number of halogens is 1. The highest BCUT2D eigenvalue weighted by Gasteiger charge is 2.35. The van der Waals surface area contributed by atoms with Gasteiger partial charge in [-0.05, 0) is 54.1 Å². The predicted octanol–water partition coefficient (Wildman–Crippen LogP) is 4.17. The molecule has 0 unspecified atom stereocenters. The van der Waals surface area contributed by atoms with Gasteiger partial charge in [0.15, 0.2) is 29.6 Å². The van der Waals surface area contributed by atoms with Gasteiger partial charge in [-0.1, -0.05) is 17.7 Å². The number of nitrogens with zero attached hydrogens (tertiary/aromatic N) is 1. The normalized spacial score (nSPS) is 15.9. The predicted molar refractivity (Wildman–Crippen MR) is 120 cm³/mol. The molecule has 0 atom stereocenters. The summed E-state index contributed by atoms with van der Waals surface area (Å²) < 4.78 is 21.4. The summed E-state index contributed by atoms with van der Waals surface area (Å²) in [6, 6.07) is 8.06. The minimum absolute atomic E-state index is 0.0103. The number of imide groups is 1. The highest BCUT2D eigenvalue weighted by Crippen LogP contribution is 2.40. The number of ether oxygens (including phenoxy) is 4. The van der Waals surface area contributed by atoms with E-state index in [1.807, 2.05) is 0 Å². The van der Waals surface area contributed by atoms with Crippen molar-refractivity contribution in [3.05, 3.63) is 51.4 Å². The first-order valence-electron chi connectivity index (χ1n) is 9.80. The van der Waals surface area contributed by atoms with Crippen LogP contribution in [0.3, 0.4) is 0 Å². The van der Waals surface area contributed by atoms with Crippen molar-refractivity contribution in [2.45, 2.75) is 13.5 Å². The lowest BCUT2D eigenvalue weighted by molar-refractivity contribution is -0.139. The van der Waals surface area contributed by atoms with Gasteiger partial charge in [0.25, 0.3) is 11.1 Å². The zero-order valence-electron chi connectivity index (χ0n) is 17.3. The zero-order valence-corrected chi connectivity index (χ0v) is 18.9. The number of rotatable bonds is 8. The Balaban J connectivity index is 1.54. The van der Waals surface area contributed by atoms with Gasteiger partial charge in [-0.25, -0.2) is 4.79 Å². The molecule has 0 aromatic heterocycles. The van der Waals surface area contributed by atoms with Crippen LogP contribution in [0.4, 0.5) is 4.79 Å². The molecule has 2 aliphatic heterocycles. The Morgan fingerprint density at radius 2 is 1.94 bits per heavy atom. The molecule has 0 spiro atoms. The molecule has 33 heavy (non-hydrogen) atoms. The van der Waals surface area contributed by atoms with E-state index in [9.17, 15) is 14.4 Å². The first-order chi connectivity index (χ1) is 15.9. The third-order valence-corrected chi connectivity index (χ3v) is 5.92. The van der Waals surface area contributed by atoms with Crippen molar-refractivity contribution in [1.29, 1.82) is 0 Å². The van der Waals surface area contributed by atoms with E-state index in [1.165, 1.54) is 0 Å². The van der Waals surface area contributed by atoms with Crippen molar-refractivity contribution in [3.63, 3.8) is 0 Å². The van der Waals surface area contributed by atoms with Crippen LogP contribution >= 0.6 is 23.4 Å². The summed E-state index contributed by atoms with van der Waals surface area (Å²) in [6.45, 7) is 1.67. The van der Waals surface area contributed by atoms with Crippen LogP contribution in [0.2, 0.25) is 5.02 Å². The van der Waals surface area contributed by atoms with Crippen LogP contribution in [-0.4, -0.2) is 47.1 Å². The van der Waals surface area contributed by atoms with Gasteiger partial charge in [0, 0.05) is 11.1 Å². The van der Waals surface area contributed by atoms with Crippen LogP contribution in [0.5, 0.6) is 23.0 Å². The quantitative estimate of drug-likeness (QED) is 0.544. The fourth-order valence-corrected chi connectivity index (χ4v) is 4.23. The van der Waals surface area contributed by atoms with Crippen LogP contribution in [0.15, 0.2) is 35.2 Å². The second-order valence-electron chi connectivity index (χ2n) is 6.89. The molecule has 2 aromatic rings. The number of aliphatic carboxylic acids is 1. The van der Waals surface area contributed by atoms with Gasteiger partial charge >= 0.3 is 5.97 Å². The Labute approximate surface area is 197 Å². The number of amides is 2. The number of hydrogen-bond acceptors (Lipinski definition) is 8. The molecule has 4 rings (SSSR count). The third-order valence-electron chi connectivity index (χ3n) is 4.66. The topological polar surface area (TPSA) is 112 Å². The maximum Gasteiger partial charge on any atom is 0.341 e. The molecule has 11 heteroatoms. The van der Waals surface area contributed by atoms with E-state index in [0.717, 1.165) is 16.7 Å². The van der Waals surface area contributed by atoms with Gasteiger partial charge in [-0.15, -0.1) is 0 Å². The van der Waals surface area contributed by atoms with Gasteiger partial charge in [0.2, 0.25) is 6.79 Å². The van der Waals surface area contributed by atoms with E-state index in [1.54, 1.807) is 43.3 Å². The first kappa shape index (κ1) is 22.8. The molecular weight excluding hydrogens is 474 g/mol. The Hall–Kier alpha value is -3.37. The second-order valence-corrected chi connectivity index (χ2v) is 8.29. The van der Waals surface area contributed by atoms with Crippen molar-refractivity contribution < 1.29 is 38.4 Å². The molecule has 1 fully saturated rings. The molecule has 0 bridgehead atoms. The fraction of sp³-hybridized carbons (Fsp3) is 0.227. The summed E-state index contributed by atoms with van der Waals surface area (Å²) in [6.07, 6.45) is 1.57. The molecule has 2 heterocycles. The lowest BCUT2D eigenvalue weighted by atomic mass is 10.1. The van der Waals surface area contributed by atoms with Crippen molar-refractivity contribution in [1.82, 2.24) is 4.90 Å². The minimum Gasteiger partial charge on any atom is -0.490 e. The zero-order chi connectivity index (χ0) is 23.5. The van der Waals surface area contributed by atoms with E-state index in [0.29, 0.717) is 40.0 Å². The monoisotopic (exact) mass is 491 g/mol. The molecule has 1 N–H and O–H groups in total. The highest BCUT2D eigenvalue weighted by atomic mass is 35.5. The van der Waals surface area contributed by atoms with Gasteiger partial charge in [-0.2, -0.15) is 0 Å². The molecule has 2 amide bonds. The number of carboxylic acids is 1. The van der Waals surface area contributed by atoms with E-state index in [-0.39, 0.29) is 24.0 Å². The average Bonchev–Trinajstić information content (AvgIpc) is 3.32. The molecule has 2 aromatic carbocycles. The van der Waals surface area contributed by atoms with Crippen molar-refractivity contribution in [3.8, 4) is 23.0 Å². The maximum absolute atomic E-state index is 12.9. The largest absolute Gasteiger partial charge is 0.490 e. The minimum atomic E-state index is -1.11. The number of thioether (sulfide) groups is 1. The number of carbonyl (C=O) groups excluding carboxylic acids is 2. The van der Waals surface area contributed by atoms with E-state index < -0.39 is 23.7 Å². The van der Waals surface area contributed by atoms with Crippen molar-refractivity contribution in [2.24, 2.45) is 0 Å². The SMILES string of the molecule is CCOc1cc(/C=C2/SC(=O)N(Cc3cc4c(cc3Cl)OCO4)C2=O)ccc1OCC(=O)O. The molecule has 1 saturated heterocycles. The maximum atomic E-state index is 12.9. The molecule has 2 aliphatic rings. The molecule has 9 nitrogen and oxygen atoms in total. The fourth-order valence-electron chi connectivity index (χ4n) is 3.18. The summed E-state index contributed by atoms with van der Waals surface area (Å²) in [4.78, 5) is 37.6. The smallest absolute Gasteiger partial charge is 0.341 e. The van der Waals surface area contributed by atoms with E-state index in [4.69, 9.17) is 35.7 Å². The van der Waals surface area contributed by atoms with Crippen LogP contribution in [0.1, 0.15) is 18.1 Å². The summed E-state index contributed by atoms with van der Waals surface area (Å²) in [5, 5.41) is 8.75. The number of carboxylic acid groups (broad SMARTS) is 1. The number of fused-ring (bicyclic) bond motifs is 1. The summed E-state index contributed by atoms with van der Waals surface area (Å²) in [7, 11) is 0. The Morgan fingerprint density at radius 1 is 1.18 bits per heavy atom. The molecule has 0 aliphatic carbocycles. The van der Waals surface area contributed by atoms with Crippen LogP contribution < -0.4 is 18.9 Å². The highest BCUT2D eigenvalue weighted by molar-refractivity contribution is 8.18. The Morgan fingerprint density at radius 3 is 2.67 bits per heavy atom. The molecule has 172 valence electrons. The number of hydrogen-bond donors (Lipinski definition) is 1. The first-order valence-corrected chi connectivity index (χ1v) is 11.0. The van der Waals surface area contributed by atoms with Crippen molar-refractivity contribution >= 4 is 46.6 Å². The van der Waals surface area contributed by atoms with Gasteiger partial charge in [0.1, 0.15) is 0 Å². The van der Waals surface area contributed by atoms with Crippen LogP contribution in [0.25, 0.3) is 6.08 Å². The van der Waals surface area contributed by atoms with Gasteiger partial charge in [0.05, 0.1) is 18.1 Å². The van der Waals surface area contributed by atoms with E-state index in [2.05, 4.69) is 0 Å². The van der Waals surface area contributed by atoms with E-state index >= 15 is 0 Å². The Kier molecular flexibility index (Phi) is 6.66. The summed E-state index contributed by atoms with van der Waals surface area (Å²) >= 11 is 7.10.